The van der Waals surface area contributed by atoms with E-state index in [4.69, 9.17) is 17.3 Å². The van der Waals surface area contributed by atoms with Crippen LogP contribution in [0.4, 0.5) is 5.69 Å². The number of halogens is 1. The first-order valence-electron chi connectivity index (χ1n) is 10.9. The summed E-state index contributed by atoms with van der Waals surface area (Å²) in [6, 6.07) is 14.0. The average Bonchev–Trinajstić information content (AvgIpc) is 2.74. The summed E-state index contributed by atoms with van der Waals surface area (Å²) < 4.78 is 0. The number of hydrogen-bond donors (Lipinski definition) is 2. The minimum absolute atomic E-state index is 0.0704. The monoisotopic (exact) mass is 457 g/mol. The molecule has 2 atom stereocenters. The van der Waals surface area contributed by atoms with Crippen LogP contribution in [0.2, 0.25) is 5.02 Å². The van der Waals surface area contributed by atoms with Crippen molar-refractivity contribution in [2.24, 2.45) is 17.6 Å². The van der Waals surface area contributed by atoms with Crippen molar-refractivity contribution in [1.82, 2.24) is 4.90 Å². The first-order chi connectivity index (χ1) is 15.2. The molecule has 0 aliphatic rings. The first-order valence-corrected chi connectivity index (χ1v) is 11.2. The van der Waals surface area contributed by atoms with Crippen LogP contribution in [0.3, 0.4) is 0 Å². The summed E-state index contributed by atoms with van der Waals surface area (Å²) in [5.41, 5.74) is 7.29. The molecule has 0 saturated heterocycles. The number of nitrogens with zero attached hydrogens (tertiary/aromatic N) is 1. The molecule has 2 aromatic rings. The lowest BCUT2D eigenvalue weighted by Gasteiger charge is -2.31. The van der Waals surface area contributed by atoms with Crippen molar-refractivity contribution in [3.8, 4) is 0 Å². The Bertz CT molecular complexity index is 898. The molecule has 0 aromatic heterocycles. The van der Waals surface area contributed by atoms with Crippen molar-refractivity contribution in [3.05, 3.63) is 64.7 Å². The van der Waals surface area contributed by atoms with Gasteiger partial charge in [0.1, 0.15) is 0 Å². The molecular formula is C25H32ClN3O3. The standard InChI is InChI=1S/C25H32ClN3O3/c1-17(2)15-29(16-30)23(19-5-9-21(26)10-6-19)13-4-18(3)14-24(31)28-22-11-7-20(8-12-22)25(27)32/h5-12,16-18,23H,4,13-15H2,1-3H3,(H2,27,32)(H,28,31). The number of carbonyl (C=O) groups excluding carboxylic acids is 3. The zero-order valence-electron chi connectivity index (χ0n) is 18.9. The number of hydrogen-bond acceptors (Lipinski definition) is 3. The average molecular weight is 458 g/mol. The summed E-state index contributed by atoms with van der Waals surface area (Å²) in [6.45, 7) is 6.85. The molecule has 2 aromatic carbocycles. The van der Waals surface area contributed by atoms with Crippen molar-refractivity contribution < 1.29 is 14.4 Å². The maximum absolute atomic E-state index is 12.4. The van der Waals surface area contributed by atoms with Gasteiger partial charge in [0.05, 0.1) is 6.04 Å². The number of nitrogens with one attached hydrogen (secondary N) is 1. The molecule has 3 N–H and O–H groups in total. The van der Waals surface area contributed by atoms with Crippen LogP contribution in [-0.4, -0.2) is 29.7 Å². The van der Waals surface area contributed by atoms with E-state index in [0.717, 1.165) is 24.8 Å². The van der Waals surface area contributed by atoms with Crippen LogP contribution >= 0.6 is 11.6 Å². The Morgan fingerprint density at radius 2 is 1.66 bits per heavy atom. The van der Waals surface area contributed by atoms with Gasteiger partial charge in [0, 0.05) is 29.2 Å². The maximum Gasteiger partial charge on any atom is 0.248 e. The van der Waals surface area contributed by atoms with Crippen LogP contribution in [0.15, 0.2) is 48.5 Å². The number of benzene rings is 2. The third kappa shape index (κ3) is 8.00. The molecule has 0 saturated carbocycles. The zero-order valence-corrected chi connectivity index (χ0v) is 19.6. The van der Waals surface area contributed by atoms with Crippen molar-refractivity contribution >= 4 is 35.5 Å². The summed E-state index contributed by atoms with van der Waals surface area (Å²) in [4.78, 5) is 37.3. The second kappa shape index (κ2) is 12.2. The summed E-state index contributed by atoms with van der Waals surface area (Å²) in [6.07, 6.45) is 2.79. The van der Waals surface area contributed by atoms with Crippen LogP contribution in [0.1, 0.15) is 62.0 Å². The van der Waals surface area contributed by atoms with Gasteiger partial charge in [-0.15, -0.1) is 0 Å². The van der Waals surface area contributed by atoms with Gasteiger partial charge in [0.15, 0.2) is 0 Å². The van der Waals surface area contributed by atoms with Gasteiger partial charge >= 0.3 is 0 Å². The molecule has 6 nitrogen and oxygen atoms in total. The van der Waals surface area contributed by atoms with Crippen LogP contribution in [-0.2, 0) is 9.59 Å². The Morgan fingerprint density at radius 3 is 2.19 bits per heavy atom. The Kier molecular flexibility index (Phi) is 9.72. The third-order valence-electron chi connectivity index (χ3n) is 5.29. The van der Waals surface area contributed by atoms with Gasteiger partial charge in [-0.1, -0.05) is 44.5 Å². The highest BCUT2D eigenvalue weighted by Crippen LogP contribution is 2.29. The predicted octanol–water partition coefficient (Wildman–Crippen LogP) is 5.04. The molecule has 0 aliphatic carbocycles. The Morgan fingerprint density at radius 1 is 1.03 bits per heavy atom. The molecular weight excluding hydrogens is 426 g/mol. The molecule has 0 spiro atoms. The van der Waals surface area contributed by atoms with Crippen LogP contribution < -0.4 is 11.1 Å². The van der Waals surface area contributed by atoms with E-state index in [9.17, 15) is 14.4 Å². The Labute approximate surface area is 195 Å². The lowest BCUT2D eigenvalue weighted by atomic mass is 9.93. The van der Waals surface area contributed by atoms with Crippen molar-refractivity contribution in [2.75, 3.05) is 11.9 Å². The van der Waals surface area contributed by atoms with Crippen LogP contribution in [0.5, 0.6) is 0 Å². The molecule has 7 heteroatoms. The van der Waals surface area contributed by atoms with Gasteiger partial charge in [0.2, 0.25) is 18.2 Å². The molecule has 172 valence electrons. The minimum Gasteiger partial charge on any atom is -0.366 e. The summed E-state index contributed by atoms with van der Waals surface area (Å²) >= 11 is 6.04. The number of carbonyl (C=O) groups is 3. The smallest absolute Gasteiger partial charge is 0.248 e. The van der Waals surface area contributed by atoms with E-state index in [2.05, 4.69) is 19.2 Å². The van der Waals surface area contributed by atoms with E-state index in [-0.39, 0.29) is 17.9 Å². The molecule has 2 unspecified atom stereocenters. The summed E-state index contributed by atoms with van der Waals surface area (Å²) in [5.74, 6) is -0.128. The largest absolute Gasteiger partial charge is 0.366 e. The van der Waals surface area contributed by atoms with Crippen LogP contribution in [0, 0.1) is 11.8 Å². The van der Waals surface area contributed by atoms with Gasteiger partial charge in [-0.2, -0.15) is 0 Å². The molecule has 0 bridgehead atoms. The molecule has 0 radical (unpaired) electrons. The fourth-order valence-corrected chi connectivity index (χ4v) is 3.79. The molecule has 0 heterocycles. The number of primary amides is 1. The number of amides is 3. The topological polar surface area (TPSA) is 92.5 Å². The van der Waals surface area contributed by atoms with Gasteiger partial charge < -0.3 is 16.0 Å². The molecule has 0 fully saturated rings. The third-order valence-corrected chi connectivity index (χ3v) is 5.54. The van der Waals surface area contributed by atoms with Crippen molar-refractivity contribution in [1.29, 1.82) is 0 Å². The highest BCUT2D eigenvalue weighted by molar-refractivity contribution is 6.30. The summed E-state index contributed by atoms with van der Waals surface area (Å²) in [7, 11) is 0. The Hall–Kier alpha value is -2.86. The van der Waals surface area contributed by atoms with E-state index < -0.39 is 5.91 Å². The number of rotatable bonds is 12. The first kappa shape index (κ1) is 25.4. The SMILES string of the molecule is CC(C)CN(C=O)C(CCC(C)CC(=O)Nc1ccc(C(N)=O)cc1)c1ccc(Cl)cc1. The second-order valence-corrected chi connectivity index (χ2v) is 9.08. The van der Waals surface area contributed by atoms with Gasteiger partial charge in [-0.3, -0.25) is 14.4 Å². The van der Waals surface area contributed by atoms with E-state index >= 15 is 0 Å². The summed E-state index contributed by atoms with van der Waals surface area (Å²) in [5, 5.41) is 3.51. The molecule has 32 heavy (non-hydrogen) atoms. The van der Waals surface area contributed by atoms with Crippen molar-refractivity contribution in [2.45, 2.75) is 46.1 Å². The Balaban J connectivity index is 1.98. The van der Waals surface area contributed by atoms with E-state index in [0.29, 0.717) is 35.2 Å². The molecule has 0 aliphatic heterocycles. The quantitative estimate of drug-likeness (QED) is 0.437. The van der Waals surface area contributed by atoms with Crippen LogP contribution in [0.25, 0.3) is 0 Å². The lowest BCUT2D eigenvalue weighted by Crippen LogP contribution is -2.31. The van der Waals surface area contributed by atoms with Gasteiger partial charge in [-0.05, 0) is 66.6 Å². The fourth-order valence-electron chi connectivity index (χ4n) is 3.67. The number of anilines is 1. The van der Waals surface area contributed by atoms with E-state index in [1.807, 2.05) is 36.1 Å². The highest BCUT2D eigenvalue weighted by atomic mass is 35.5. The van der Waals surface area contributed by atoms with Gasteiger partial charge in [0.25, 0.3) is 0 Å². The second-order valence-electron chi connectivity index (χ2n) is 8.64. The zero-order chi connectivity index (χ0) is 23.7. The fraction of sp³-hybridized carbons (Fsp3) is 0.400. The number of nitrogens with two attached hydrogens (primary N) is 1. The normalized spacial score (nSPS) is 12.8. The lowest BCUT2D eigenvalue weighted by molar-refractivity contribution is -0.121. The molecule has 3 amide bonds. The molecule has 2 rings (SSSR count). The van der Waals surface area contributed by atoms with Gasteiger partial charge in [-0.25, -0.2) is 0 Å². The predicted molar refractivity (Wildman–Crippen MR) is 128 cm³/mol. The van der Waals surface area contributed by atoms with E-state index in [1.165, 1.54) is 0 Å². The van der Waals surface area contributed by atoms with Crippen molar-refractivity contribution in [3.63, 3.8) is 0 Å². The maximum atomic E-state index is 12.4. The van der Waals surface area contributed by atoms with E-state index in [1.54, 1.807) is 24.3 Å². The highest BCUT2D eigenvalue weighted by Gasteiger charge is 2.21. The minimum atomic E-state index is -0.506.